The number of furan rings is 1. The number of ketones is 1. The number of fused-ring (bicyclic) bond motifs is 1. The molecule has 172 valence electrons. The number of rotatable bonds is 7. The van der Waals surface area contributed by atoms with Gasteiger partial charge in [0.25, 0.3) is 5.91 Å². The second-order valence-corrected chi connectivity index (χ2v) is 8.46. The summed E-state index contributed by atoms with van der Waals surface area (Å²) in [5.41, 5.74) is 1.10. The number of aromatic nitrogens is 1. The van der Waals surface area contributed by atoms with Crippen LogP contribution >= 0.6 is 11.3 Å². The minimum atomic E-state index is -0.965. The van der Waals surface area contributed by atoms with Crippen LogP contribution in [0.25, 0.3) is 10.2 Å². The van der Waals surface area contributed by atoms with Crippen LogP contribution in [0.4, 0.5) is 5.13 Å². The fourth-order valence-electron chi connectivity index (χ4n) is 4.01. The van der Waals surface area contributed by atoms with E-state index in [1.807, 2.05) is 13.0 Å². The van der Waals surface area contributed by atoms with Gasteiger partial charge in [-0.1, -0.05) is 29.5 Å². The molecular weight excluding hydrogens is 456 g/mol. The summed E-state index contributed by atoms with van der Waals surface area (Å²) >= 11 is 1.26. The number of ether oxygens (including phenoxy) is 2. The van der Waals surface area contributed by atoms with Crippen LogP contribution in [0.2, 0.25) is 0 Å². The Labute approximate surface area is 198 Å². The van der Waals surface area contributed by atoms with Gasteiger partial charge in [0, 0.05) is 5.56 Å². The van der Waals surface area contributed by atoms with Crippen LogP contribution in [-0.4, -0.2) is 35.5 Å². The summed E-state index contributed by atoms with van der Waals surface area (Å²) in [5.74, 6) is -0.796. The Kier molecular flexibility index (Phi) is 5.54. The Morgan fingerprint density at radius 3 is 2.76 bits per heavy atom. The number of para-hydroxylation sites is 1. The minimum Gasteiger partial charge on any atom is -0.503 e. The zero-order valence-corrected chi connectivity index (χ0v) is 19.2. The van der Waals surface area contributed by atoms with E-state index in [1.165, 1.54) is 35.7 Å². The number of benzene rings is 2. The van der Waals surface area contributed by atoms with E-state index in [-0.39, 0.29) is 11.3 Å². The molecule has 1 aliphatic heterocycles. The number of aliphatic hydroxyl groups excluding tert-OH is 1. The number of carbonyl (C=O) groups excluding carboxylic acids is 2. The standard InChI is InChI=1S/C25H20N2O6S/c1-3-32-14-10-11-16-19(13-14)34-25(26-16)27-21(15-7-4-5-8-17(15)31-2)20(23(29)24(27)30)22(28)18-9-6-12-33-18/h4-13,21,29H,3H2,1-2H3/t21-/m1/s1. The van der Waals surface area contributed by atoms with E-state index >= 15 is 0 Å². The molecule has 0 unspecified atom stereocenters. The van der Waals surface area contributed by atoms with Crippen molar-refractivity contribution in [3.8, 4) is 11.5 Å². The highest BCUT2D eigenvalue weighted by atomic mass is 32.1. The highest BCUT2D eigenvalue weighted by molar-refractivity contribution is 7.22. The van der Waals surface area contributed by atoms with E-state index < -0.39 is 23.5 Å². The van der Waals surface area contributed by atoms with Gasteiger partial charge in [-0.05, 0) is 43.3 Å². The number of nitrogens with zero attached hydrogens (tertiary/aromatic N) is 2. The first-order valence-electron chi connectivity index (χ1n) is 10.5. The Morgan fingerprint density at radius 2 is 2.03 bits per heavy atom. The molecule has 0 fully saturated rings. The first-order valence-corrected chi connectivity index (χ1v) is 11.4. The maximum absolute atomic E-state index is 13.4. The van der Waals surface area contributed by atoms with Crippen molar-refractivity contribution in [3.63, 3.8) is 0 Å². The van der Waals surface area contributed by atoms with E-state index in [0.29, 0.717) is 34.3 Å². The summed E-state index contributed by atoms with van der Waals surface area (Å²) in [7, 11) is 1.50. The summed E-state index contributed by atoms with van der Waals surface area (Å²) in [6, 6.07) is 14.6. The molecule has 0 saturated carbocycles. The van der Waals surface area contributed by atoms with Crippen LogP contribution in [0.1, 0.15) is 29.1 Å². The molecule has 3 heterocycles. The maximum Gasteiger partial charge on any atom is 0.296 e. The van der Waals surface area contributed by atoms with Crippen LogP contribution in [0, 0.1) is 0 Å². The SMILES string of the molecule is CCOc1ccc2nc(N3C(=O)C(O)=C(C(=O)c4ccco4)[C@H]3c3ccccc3OC)sc2c1. The normalized spacial score (nSPS) is 15.9. The number of amides is 1. The van der Waals surface area contributed by atoms with Crippen molar-refractivity contribution in [3.05, 3.63) is 83.5 Å². The second-order valence-electron chi connectivity index (χ2n) is 7.45. The molecule has 0 radical (unpaired) electrons. The number of aliphatic hydroxyl groups is 1. The number of anilines is 1. The zero-order valence-electron chi connectivity index (χ0n) is 18.3. The monoisotopic (exact) mass is 476 g/mol. The molecule has 4 aromatic rings. The summed E-state index contributed by atoms with van der Waals surface area (Å²) in [5, 5.41) is 11.2. The number of carbonyl (C=O) groups is 2. The van der Waals surface area contributed by atoms with E-state index in [2.05, 4.69) is 4.98 Å². The average molecular weight is 477 g/mol. The van der Waals surface area contributed by atoms with Crippen molar-refractivity contribution in [1.29, 1.82) is 0 Å². The van der Waals surface area contributed by atoms with Gasteiger partial charge in [0.2, 0.25) is 5.78 Å². The van der Waals surface area contributed by atoms with Crippen LogP contribution in [-0.2, 0) is 4.79 Å². The summed E-state index contributed by atoms with van der Waals surface area (Å²) in [6.45, 7) is 2.42. The third kappa shape index (κ3) is 3.50. The van der Waals surface area contributed by atoms with Gasteiger partial charge in [-0.15, -0.1) is 0 Å². The van der Waals surface area contributed by atoms with Crippen LogP contribution in [0.5, 0.6) is 11.5 Å². The van der Waals surface area contributed by atoms with Crippen LogP contribution in [0.15, 0.2) is 76.6 Å². The lowest BCUT2D eigenvalue weighted by Crippen LogP contribution is -2.31. The molecule has 0 saturated heterocycles. The molecule has 2 aromatic carbocycles. The van der Waals surface area contributed by atoms with Crippen molar-refractivity contribution < 1.29 is 28.6 Å². The highest BCUT2D eigenvalue weighted by Crippen LogP contribution is 2.46. The Balaban J connectivity index is 1.68. The Hall–Kier alpha value is -4.11. The molecular formula is C25H20N2O6S. The summed E-state index contributed by atoms with van der Waals surface area (Å²) < 4.78 is 17.2. The van der Waals surface area contributed by atoms with E-state index in [9.17, 15) is 14.7 Å². The average Bonchev–Trinajstić information content (AvgIpc) is 3.58. The van der Waals surface area contributed by atoms with Crippen molar-refractivity contribution in [1.82, 2.24) is 4.98 Å². The molecule has 1 amide bonds. The van der Waals surface area contributed by atoms with Crippen molar-refractivity contribution >= 4 is 38.4 Å². The van der Waals surface area contributed by atoms with Gasteiger partial charge < -0.3 is 19.0 Å². The third-order valence-electron chi connectivity index (χ3n) is 5.50. The lowest BCUT2D eigenvalue weighted by atomic mass is 9.94. The van der Waals surface area contributed by atoms with Gasteiger partial charge in [-0.25, -0.2) is 4.98 Å². The topological polar surface area (TPSA) is 102 Å². The summed E-state index contributed by atoms with van der Waals surface area (Å²) in [4.78, 5) is 32.7. The van der Waals surface area contributed by atoms with Gasteiger partial charge in [0.15, 0.2) is 16.7 Å². The lowest BCUT2D eigenvalue weighted by molar-refractivity contribution is -0.117. The smallest absolute Gasteiger partial charge is 0.296 e. The van der Waals surface area contributed by atoms with Crippen molar-refractivity contribution in [2.75, 3.05) is 18.6 Å². The van der Waals surface area contributed by atoms with Crippen molar-refractivity contribution in [2.24, 2.45) is 0 Å². The fourth-order valence-corrected chi connectivity index (χ4v) is 5.03. The Morgan fingerprint density at radius 1 is 1.21 bits per heavy atom. The number of Topliss-reactive ketones (excluding diaryl/α,β-unsaturated/α-hetero) is 1. The molecule has 1 atom stereocenters. The van der Waals surface area contributed by atoms with Gasteiger partial charge in [0.1, 0.15) is 17.5 Å². The Bertz CT molecular complexity index is 1420. The van der Waals surface area contributed by atoms with Gasteiger partial charge in [-0.2, -0.15) is 0 Å². The molecule has 1 N–H and O–H groups in total. The van der Waals surface area contributed by atoms with Gasteiger partial charge >= 0.3 is 0 Å². The number of methoxy groups -OCH3 is 1. The molecule has 9 heteroatoms. The zero-order chi connectivity index (χ0) is 23.8. The quantitative estimate of drug-likeness (QED) is 0.371. The third-order valence-corrected chi connectivity index (χ3v) is 6.51. The predicted molar refractivity (Wildman–Crippen MR) is 127 cm³/mol. The molecule has 34 heavy (non-hydrogen) atoms. The fraction of sp³-hybridized carbons (Fsp3) is 0.160. The predicted octanol–water partition coefficient (Wildman–Crippen LogP) is 5.08. The van der Waals surface area contributed by atoms with Crippen LogP contribution in [0.3, 0.4) is 0 Å². The van der Waals surface area contributed by atoms with E-state index in [0.717, 1.165) is 4.70 Å². The van der Waals surface area contributed by atoms with E-state index in [1.54, 1.807) is 42.5 Å². The first kappa shape index (κ1) is 21.7. The lowest BCUT2D eigenvalue weighted by Gasteiger charge is -2.25. The molecule has 0 spiro atoms. The largest absolute Gasteiger partial charge is 0.503 e. The maximum atomic E-state index is 13.4. The molecule has 2 aromatic heterocycles. The molecule has 1 aliphatic rings. The number of hydrogen-bond donors (Lipinski definition) is 1. The summed E-state index contributed by atoms with van der Waals surface area (Å²) in [6.07, 6.45) is 1.36. The number of thiazole rings is 1. The number of hydrogen-bond acceptors (Lipinski definition) is 8. The highest BCUT2D eigenvalue weighted by Gasteiger charge is 2.47. The second kappa shape index (κ2) is 8.68. The van der Waals surface area contributed by atoms with Gasteiger partial charge in [0.05, 0.1) is 35.8 Å². The molecule has 0 bridgehead atoms. The van der Waals surface area contributed by atoms with Crippen LogP contribution < -0.4 is 14.4 Å². The first-order chi connectivity index (χ1) is 16.5. The molecule has 8 nitrogen and oxygen atoms in total. The van der Waals surface area contributed by atoms with Gasteiger partial charge in [-0.3, -0.25) is 14.5 Å². The van der Waals surface area contributed by atoms with E-state index in [4.69, 9.17) is 13.9 Å². The molecule has 0 aliphatic carbocycles. The van der Waals surface area contributed by atoms with Crippen molar-refractivity contribution in [2.45, 2.75) is 13.0 Å². The molecule has 5 rings (SSSR count). The minimum absolute atomic E-state index is 0.0155.